The second-order valence-electron chi connectivity index (χ2n) is 5.32. The second-order valence-corrected chi connectivity index (χ2v) is 5.32. The molecule has 1 heterocycles. The molecule has 1 aromatic rings. The Labute approximate surface area is 126 Å². The lowest BCUT2D eigenvalue weighted by atomic mass is 10.0. The van der Waals surface area contributed by atoms with Gasteiger partial charge in [0.1, 0.15) is 5.75 Å². The van der Waals surface area contributed by atoms with Crippen LogP contribution in [-0.4, -0.2) is 38.8 Å². The Morgan fingerprint density at radius 3 is 3.00 bits per heavy atom. The molecule has 1 fully saturated rings. The number of hydrogen-bond acceptors (Lipinski definition) is 4. The fraction of sp³-hybridized carbons (Fsp3) is 0.562. The summed E-state index contributed by atoms with van der Waals surface area (Å²) in [5.74, 6) is 0.704. The minimum atomic E-state index is -0.127. The van der Waals surface area contributed by atoms with Crippen molar-refractivity contribution in [2.75, 3.05) is 26.9 Å². The normalized spacial score (nSPS) is 22.8. The minimum absolute atomic E-state index is 0.0359. The number of likely N-dealkylation sites (N-methyl/N-ethyl adjacent to an activating group) is 1. The van der Waals surface area contributed by atoms with E-state index in [9.17, 15) is 4.79 Å². The van der Waals surface area contributed by atoms with Gasteiger partial charge in [0, 0.05) is 6.04 Å². The molecule has 21 heavy (non-hydrogen) atoms. The van der Waals surface area contributed by atoms with Gasteiger partial charge < -0.3 is 20.1 Å². The molecule has 1 aromatic carbocycles. The Bertz CT molecular complexity index is 478. The monoisotopic (exact) mass is 292 g/mol. The number of methoxy groups -OCH3 is 1. The average Bonchev–Trinajstić information content (AvgIpc) is 2.96. The van der Waals surface area contributed by atoms with Crippen molar-refractivity contribution in [2.24, 2.45) is 5.92 Å². The number of benzene rings is 1. The molecular formula is C16H24N2O3. The Balaban J connectivity index is 1.98. The van der Waals surface area contributed by atoms with Crippen LogP contribution in [0.4, 0.5) is 0 Å². The molecule has 0 radical (unpaired) electrons. The molecule has 0 saturated carbocycles. The van der Waals surface area contributed by atoms with Crippen molar-refractivity contribution >= 4 is 5.91 Å². The van der Waals surface area contributed by atoms with Gasteiger partial charge in [0.15, 0.2) is 0 Å². The van der Waals surface area contributed by atoms with Crippen molar-refractivity contribution in [1.82, 2.24) is 10.6 Å². The molecule has 2 N–H and O–H groups in total. The summed E-state index contributed by atoms with van der Waals surface area (Å²) in [5, 5.41) is 6.36. The lowest BCUT2D eigenvalue weighted by molar-refractivity contribution is -0.126. The summed E-state index contributed by atoms with van der Waals surface area (Å²) in [6.07, 6.45) is 0. The molecule has 0 aromatic heterocycles. The standard InChI is InChI=1S/C16H24N2O3/c1-4-17-15-10-21-9-14(15)16(19)18-11(2)12-6-5-7-13(8-12)20-3/h5-8,11,14-15,17H,4,9-10H2,1-3H3,(H,18,19). The van der Waals surface area contributed by atoms with Gasteiger partial charge in [-0.15, -0.1) is 0 Å². The lowest BCUT2D eigenvalue weighted by Gasteiger charge is -2.21. The van der Waals surface area contributed by atoms with Crippen LogP contribution in [0, 0.1) is 5.92 Å². The van der Waals surface area contributed by atoms with Crippen LogP contribution in [0.3, 0.4) is 0 Å². The Hall–Kier alpha value is -1.59. The van der Waals surface area contributed by atoms with E-state index in [0.29, 0.717) is 13.2 Å². The largest absolute Gasteiger partial charge is 0.497 e. The first-order valence-electron chi connectivity index (χ1n) is 7.41. The molecule has 5 heteroatoms. The van der Waals surface area contributed by atoms with E-state index in [-0.39, 0.29) is 23.9 Å². The summed E-state index contributed by atoms with van der Waals surface area (Å²) in [6, 6.07) is 7.79. The smallest absolute Gasteiger partial charge is 0.227 e. The predicted molar refractivity (Wildman–Crippen MR) is 81.3 cm³/mol. The van der Waals surface area contributed by atoms with Crippen LogP contribution < -0.4 is 15.4 Å². The van der Waals surface area contributed by atoms with Gasteiger partial charge in [-0.1, -0.05) is 19.1 Å². The SMILES string of the molecule is CCNC1COCC1C(=O)NC(C)c1cccc(OC)c1. The number of carbonyl (C=O) groups excluding carboxylic acids is 1. The average molecular weight is 292 g/mol. The summed E-state index contributed by atoms with van der Waals surface area (Å²) < 4.78 is 10.6. The van der Waals surface area contributed by atoms with Crippen LogP contribution in [-0.2, 0) is 9.53 Å². The molecule has 0 bridgehead atoms. The summed E-state index contributed by atoms with van der Waals surface area (Å²) >= 11 is 0. The van der Waals surface area contributed by atoms with E-state index in [2.05, 4.69) is 10.6 Å². The molecule has 1 aliphatic rings. The lowest BCUT2D eigenvalue weighted by Crippen LogP contribution is -2.44. The van der Waals surface area contributed by atoms with Gasteiger partial charge in [-0.05, 0) is 31.2 Å². The van der Waals surface area contributed by atoms with Gasteiger partial charge in [0.25, 0.3) is 0 Å². The summed E-state index contributed by atoms with van der Waals surface area (Å²) in [5.41, 5.74) is 1.03. The van der Waals surface area contributed by atoms with Gasteiger partial charge >= 0.3 is 0 Å². The van der Waals surface area contributed by atoms with Crippen LogP contribution in [0.5, 0.6) is 5.75 Å². The van der Waals surface area contributed by atoms with E-state index in [1.54, 1.807) is 7.11 Å². The Morgan fingerprint density at radius 2 is 2.29 bits per heavy atom. The van der Waals surface area contributed by atoms with E-state index < -0.39 is 0 Å². The van der Waals surface area contributed by atoms with Crippen LogP contribution in [0.1, 0.15) is 25.5 Å². The third-order valence-electron chi connectivity index (χ3n) is 3.84. The zero-order valence-corrected chi connectivity index (χ0v) is 12.9. The second kappa shape index (κ2) is 7.43. The quantitative estimate of drug-likeness (QED) is 0.834. The highest BCUT2D eigenvalue weighted by Crippen LogP contribution is 2.20. The number of rotatable bonds is 6. The molecule has 1 saturated heterocycles. The third-order valence-corrected chi connectivity index (χ3v) is 3.84. The molecule has 0 spiro atoms. The van der Waals surface area contributed by atoms with Crippen molar-refractivity contribution in [2.45, 2.75) is 25.9 Å². The summed E-state index contributed by atoms with van der Waals surface area (Å²) in [6.45, 7) is 5.92. The van der Waals surface area contributed by atoms with E-state index in [0.717, 1.165) is 17.9 Å². The fourth-order valence-corrected chi connectivity index (χ4v) is 2.59. The highest BCUT2D eigenvalue weighted by molar-refractivity contribution is 5.80. The minimum Gasteiger partial charge on any atom is -0.497 e. The molecule has 3 unspecified atom stereocenters. The number of carbonyl (C=O) groups is 1. The first kappa shape index (κ1) is 15.8. The molecular weight excluding hydrogens is 268 g/mol. The van der Waals surface area contributed by atoms with Crippen molar-refractivity contribution in [3.05, 3.63) is 29.8 Å². The van der Waals surface area contributed by atoms with Crippen molar-refractivity contribution in [1.29, 1.82) is 0 Å². The fourth-order valence-electron chi connectivity index (χ4n) is 2.59. The number of hydrogen-bond donors (Lipinski definition) is 2. The third kappa shape index (κ3) is 3.95. The van der Waals surface area contributed by atoms with Crippen LogP contribution >= 0.6 is 0 Å². The van der Waals surface area contributed by atoms with Crippen molar-refractivity contribution in [3.8, 4) is 5.75 Å². The van der Waals surface area contributed by atoms with Crippen molar-refractivity contribution < 1.29 is 14.3 Å². The maximum absolute atomic E-state index is 12.4. The van der Waals surface area contributed by atoms with Gasteiger partial charge in [0.05, 0.1) is 32.3 Å². The number of ether oxygens (including phenoxy) is 2. The topological polar surface area (TPSA) is 59.6 Å². The maximum Gasteiger partial charge on any atom is 0.227 e. The molecule has 1 amide bonds. The van der Waals surface area contributed by atoms with Gasteiger partial charge in [-0.3, -0.25) is 4.79 Å². The highest BCUT2D eigenvalue weighted by atomic mass is 16.5. The van der Waals surface area contributed by atoms with E-state index in [1.165, 1.54) is 0 Å². The summed E-state index contributed by atoms with van der Waals surface area (Å²) in [7, 11) is 1.64. The zero-order chi connectivity index (χ0) is 15.2. The highest BCUT2D eigenvalue weighted by Gasteiger charge is 2.33. The van der Waals surface area contributed by atoms with Gasteiger partial charge in [-0.25, -0.2) is 0 Å². The molecule has 3 atom stereocenters. The molecule has 1 aliphatic heterocycles. The Morgan fingerprint density at radius 1 is 1.48 bits per heavy atom. The Kier molecular flexibility index (Phi) is 5.59. The predicted octanol–water partition coefficient (Wildman–Crippen LogP) is 1.50. The maximum atomic E-state index is 12.4. The van der Waals surface area contributed by atoms with Gasteiger partial charge in [-0.2, -0.15) is 0 Å². The van der Waals surface area contributed by atoms with Gasteiger partial charge in [0.2, 0.25) is 5.91 Å². The van der Waals surface area contributed by atoms with Crippen LogP contribution in [0.2, 0.25) is 0 Å². The van der Waals surface area contributed by atoms with Crippen LogP contribution in [0.15, 0.2) is 24.3 Å². The zero-order valence-electron chi connectivity index (χ0n) is 12.9. The van der Waals surface area contributed by atoms with E-state index >= 15 is 0 Å². The first-order valence-corrected chi connectivity index (χ1v) is 7.41. The summed E-state index contributed by atoms with van der Waals surface area (Å²) in [4.78, 5) is 12.4. The number of nitrogens with one attached hydrogen (secondary N) is 2. The van der Waals surface area contributed by atoms with E-state index in [4.69, 9.17) is 9.47 Å². The van der Waals surface area contributed by atoms with Crippen LogP contribution in [0.25, 0.3) is 0 Å². The first-order chi connectivity index (χ1) is 10.2. The molecule has 0 aliphatic carbocycles. The molecule has 116 valence electrons. The van der Waals surface area contributed by atoms with E-state index in [1.807, 2.05) is 38.1 Å². The number of amides is 1. The molecule has 2 rings (SSSR count). The molecule has 5 nitrogen and oxygen atoms in total. The van der Waals surface area contributed by atoms with Crippen molar-refractivity contribution in [3.63, 3.8) is 0 Å².